The van der Waals surface area contributed by atoms with Gasteiger partial charge in [-0.3, -0.25) is 9.59 Å². The molecule has 0 aliphatic heterocycles. The minimum Gasteiger partial charge on any atom is -0.508 e. The summed E-state index contributed by atoms with van der Waals surface area (Å²) in [6.07, 6.45) is 1.23. The second kappa shape index (κ2) is 6.79. The Labute approximate surface area is 134 Å². The Bertz CT molecular complexity index is 731. The minimum absolute atomic E-state index is 0.0974. The Hall–Kier alpha value is -3.08. The number of aromatic hydroxyl groups is 1. The molecule has 2 rings (SSSR count). The standard InChI is InChI=1S/C18H18N2O3/c1-4-17(22)20(3)15-7-5-13(6-8-15)18(23)19-14-9-12(2)10-16(21)11-14/h4-11,21H,1H2,2-3H3,(H,19,23). The normalized spacial score (nSPS) is 10.0. The lowest BCUT2D eigenvalue weighted by molar-refractivity contribution is -0.113. The van der Waals surface area contributed by atoms with Crippen molar-refractivity contribution >= 4 is 23.2 Å². The topological polar surface area (TPSA) is 69.6 Å². The summed E-state index contributed by atoms with van der Waals surface area (Å²) < 4.78 is 0. The van der Waals surface area contributed by atoms with Crippen molar-refractivity contribution in [3.8, 4) is 5.75 Å². The van der Waals surface area contributed by atoms with Crippen LogP contribution in [0.15, 0.2) is 55.1 Å². The first kappa shape index (κ1) is 16.3. The van der Waals surface area contributed by atoms with Crippen molar-refractivity contribution in [1.82, 2.24) is 0 Å². The molecule has 0 aliphatic carbocycles. The molecule has 2 amide bonds. The number of phenols is 1. The molecular formula is C18H18N2O3. The Morgan fingerprint density at radius 2 is 1.83 bits per heavy atom. The summed E-state index contributed by atoms with van der Waals surface area (Å²) in [6.45, 7) is 5.27. The van der Waals surface area contributed by atoms with Gasteiger partial charge in [0.15, 0.2) is 0 Å². The van der Waals surface area contributed by atoms with Gasteiger partial charge >= 0.3 is 0 Å². The van der Waals surface area contributed by atoms with Crippen LogP contribution in [0, 0.1) is 6.92 Å². The van der Waals surface area contributed by atoms with Gasteiger partial charge in [-0.1, -0.05) is 6.58 Å². The van der Waals surface area contributed by atoms with Crippen LogP contribution in [0.5, 0.6) is 5.75 Å². The highest BCUT2D eigenvalue weighted by atomic mass is 16.3. The van der Waals surface area contributed by atoms with E-state index in [1.54, 1.807) is 43.4 Å². The van der Waals surface area contributed by atoms with Gasteiger partial charge in [0.25, 0.3) is 5.91 Å². The van der Waals surface area contributed by atoms with Crippen molar-refractivity contribution in [2.75, 3.05) is 17.3 Å². The number of carbonyl (C=O) groups excluding carboxylic acids is 2. The second-order valence-electron chi connectivity index (χ2n) is 5.16. The molecule has 118 valence electrons. The van der Waals surface area contributed by atoms with E-state index in [1.807, 2.05) is 6.92 Å². The summed E-state index contributed by atoms with van der Waals surface area (Å²) in [7, 11) is 1.63. The molecule has 0 atom stereocenters. The zero-order valence-corrected chi connectivity index (χ0v) is 13.0. The molecule has 23 heavy (non-hydrogen) atoms. The van der Waals surface area contributed by atoms with E-state index in [1.165, 1.54) is 17.0 Å². The molecule has 0 saturated carbocycles. The molecule has 0 bridgehead atoms. The molecule has 0 aliphatic rings. The SMILES string of the molecule is C=CC(=O)N(C)c1ccc(C(=O)Nc2cc(C)cc(O)c2)cc1. The van der Waals surface area contributed by atoms with Gasteiger partial charge in [-0.25, -0.2) is 0 Å². The summed E-state index contributed by atoms with van der Waals surface area (Å²) in [6, 6.07) is 11.5. The number of nitrogens with one attached hydrogen (secondary N) is 1. The van der Waals surface area contributed by atoms with Crippen LogP contribution < -0.4 is 10.2 Å². The van der Waals surface area contributed by atoms with Crippen LogP contribution in [0.3, 0.4) is 0 Å². The van der Waals surface area contributed by atoms with Crippen LogP contribution in [0.4, 0.5) is 11.4 Å². The van der Waals surface area contributed by atoms with E-state index in [9.17, 15) is 14.7 Å². The Morgan fingerprint density at radius 3 is 2.39 bits per heavy atom. The van der Waals surface area contributed by atoms with Crippen LogP contribution in [0.25, 0.3) is 0 Å². The summed E-state index contributed by atoms with van der Waals surface area (Å²) >= 11 is 0. The van der Waals surface area contributed by atoms with Gasteiger partial charge in [0, 0.05) is 30.1 Å². The van der Waals surface area contributed by atoms with Crippen molar-refractivity contribution in [1.29, 1.82) is 0 Å². The van der Waals surface area contributed by atoms with E-state index in [4.69, 9.17) is 0 Å². The number of anilines is 2. The lowest BCUT2D eigenvalue weighted by Crippen LogP contribution is -2.23. The second-order valence-corrected chi connectivity index (χ2v) is 5.16. The van der Waals surface area contributed by atoms with E-state index < -0.39 is 0 Å². The maximum Gasteiger partial charge on any atom is 0.255 e. The average Bonchev–Trinajstić information content (AvgIpc) is 2.52. The number of aryl methyl sites for hydroxylation is 1. The number of nitrogens with zero attached hydrogens (tertiary/aromatic N) is 1. The van der Waals surface area contributed by atoms with E-state index in [-0.39, 0.29) is 17.6 Å². The van der Waals surface area contributed by atoms with Crippen LogP contribution in [0.2, 0.25) is 0 Å². The van der Waals surface area contributed by atoms with E-state index in [0.29, 0.717) is 16.9 Å². The van der Waals surface area contributed by atoms with Gasteiger partial charge < -0.3 is 15.3 Å². The molecule has 2 aromatic carbocycles. The average molecular weight is 310 g/mol. The Balaban J connectivity index is 2.14. The third kappa shape index (κ3) is 3.97. The number of phenolic OH excluding ortho intramolecular Hbond substituents is 1. The molecule has 0 heterocycles. The van der Waals surface area contributed by atoms with Crippen molar-refractivity contribution in [3.63, 3.8) is 0 Å². The van der Waals surface area contributed by atoms with Gasteiger partial charge in [-0.15, -0.1) is 0 Å². The van der Waals surface area contributed by atoms with Crippen LogP contribution >= 0.6 is 0 Å². The minimum atomic E-state index is -0.292. The molecule has 5 nitrogen and oxygen atoms in total. The summed E-state index contributed by atoms with van der Waals surface area (Å²) in [4.78, 5) is 25.2. The van der Waals surface area contributed by atoms with Gasteiger partial charge in [-0.05, 0) is 55.0 Å². The number of amides is 2. The fraction of sp³-hybridized carbons (Fsp3) is 0.111. The van der Waals surface area contributed by atoms with Crippen LogP contribution in [-0.4, -0.2) is 24.0 Å². The third-order valence-corrected chi connectivity index (χ3v) is 3.34. The molecule has 0 unspecified atom stereocenters. The van der Waals surface area contributed by atoms with E-state index in [2.05, 4.69) is 11.9 Å². The molecule has 0 radical (unpaired) electrons. The van der Waals surface area contributed by atoms with E-state index >= 15 is 0 Å². The first-order chi connectivity index (χ1) is 10.9. The maximum atomic E-state index is 12.2. The zero-order chi connectivity index (χ0) is 17.0. The number of rotatable bonds is 4. The lowest BCUT2D eigenvalue weighted by Gasteiger charge is -2.15. The number of hydrogen-bond acceptors (Lipinski definition) is 3. The zero-order valence-electron chi connectivity index (χ0n) is 13.0. The summed E-state index contributed by atoms with van der Waals surface area (Å²) in [5.74, 6) is -0.420. The fourth-order valence-electron chi connectivity index (χ4n) is 2.14. The number of hydrogen-bond donors (Lipinski definition) is 2. The van der Waals surface area contributed by atoms with Crippen molar-refractivity contribution < 1.29 is 14.7 Å². The molecule has 0 saturated heterocycles. The Morgan fingerprint density at radius 1 is 1.17 bits per heavy atom. The smallest absolute Gasteiger partial charge is 0.255 e. The highest BCUT2D eigenvalue weighted by Crippen LogP contribution is 2.20. The van der Waals surface area contributed by atoms with Gasteiger partial charge in [0.1, 0.15) is 5.75 Å². The van der Waals surface area contributed by atoms with Crippen LogP contribution in [0.1, 0.15) is 15.9 Å². The molecular weight excluding hydrogens is 292 g/mol. The molecule has 0 aromatic heterocycles. The van der Waals surface area contributed by atoms with Gasteiger partial charge in [0.05, 0.1) is 0 Å². The van der Waals surface area contributed by atoms with Crippen LogP contribution in [-0.2, 0) is 4.79 Å². The van der Waals surface area contributed by atoms with Gasteiger partial charge in [-0.2, -0.15) is 0 Å². The first-order valence-corrected chi connectivity index (χ1v) is 7.03. The molecule has 0 spiro atoms. The fourth-order valence-corrected chi connectivity index (χ4v) is 2.14. The van der Waals surface area contributed by atoms with Crippen molar-refractivity contribution in [2.45, 2.75) is 6.92 Å². The number of carbonyl (C=O) groups is 2. The number of likely N-dealkylation sites (N-methyl/N-ethyl adjacent to an activating group) is 1. The van der Waals surface area contributed by atoms with Gasteiger partial charge in [0.2, 0.25) is 5.91 Å². The quantitative estimate of drug-likeness (QED) is 0.853. The highest BCUT2D eigenvalue weighted by molar-refractivity contribution is 6.05. The lowest BCUT2D eigenvalue weighted by atomic mass is 10.1. The maximum absolute atomic E-state index is 12.2. The molecule has 0 fully saturated rings. The Kier molecular flexibility index (Phi) is 4.81. The van der Waals surface area contributed by atoms with E-state index in [0.717, 1.165) is 5.56 Å². The van der Waals surface area contributed by atoms with Crippen molar-refractivity contribution in [2.24, 2.45) is 0 Å². The number of benzene rings is 2. The van der Waals surface area contributed by atoms with Crippen molar-refractivity contribution in [3.05, 3.63) is 66.2 Å². The molecule has 2 N–H and O–H groups in total. The molecule has 2 aromatic rings. The predicted octanol–water partition coefficient (Wildman–Crippen LogP) is 3.10. The highest BCUT2D eigenvalue weighted by Gasteiger charge is 2.10. The first-order valence-electron chi connectivity index (χ1n) is 7.03. The monoisotopic (exact) mass is 310 g/mol. The molecule has 5 heteroatoms. The largest absolute Gasteiger partial charge is 0.508 e. The third-order valence-electron chi connectivity index (χ3n) is 3.34. The summed E-state index contributed by atoms with van der Waals surface area (Å²) in [5, 5.41) is 12.3. The summed E-state index contributed by atoms with van der Waals surface area (Å²) in [5.41, 5.74) is 2.49. The predicted molar refractivity (Wildman–Crippen MR) is 90.8 cm³/mol.